The zero-order valence-electron chi connectivity index (χ0n) is 19.3. The Morgan fingerprint density at radius 2 is 1.87 bits per heavy atom. The van der Waals surface area contributed by atoms with Crippen LogP contribution in [-0.2, 0) is 14.9 Å². The van der Waals surface area contributed by atoms with Gasteiger partial charge in [-0.3, -0.25) is 14.9 Å². The minimum Gasteiger partial charge on any atom is -0.490 e. The van der Waals surface area contributed by atoms with Crippen molar-refractivity contribution >= 4 is 72.6 Å². The monoisotopic (exact) mass is 639 g/mol. The van der Waals surface area contributed by atoms with Crippen molar-refractivity contribution in [3.05, 3.63) is 90.4 Å². The first-order valence-corrected chi connectivity index (χ1v) is 13.4. The summed E-state index contributed by atoms with van der Waals surface area (Å²) in [4.78, 5) is 22.6. The standard InChI is InChI=1S/C24H16BrCl2N3O7S/c1-2-36-22-11-14(9-15(13-28)24(31)29-21-12-16(26)3-8-20(21)27)10-19(25)23(22)37-38(34,35)18-6-4-17(5-7-18)30(32)33/h3-12H,2H2,1H3,(H,29,31)/b15-9-. The van der Waals surface area contributed by atoms with Gasteiger partial charge in [0.05, 0.1) is 26.7 Å². The van der Waals surface area contributed by atoms with Crippen LogP contribution in [0.4, 0.5) is 11.4 Å². The lowest BCUT2D eigenvalue weighted by Gasteiger charge is -2.14. The van der Waals surface area contributed by atoms with Crippen molar-refractivity contribution in [2.24, 2.45) is 0 Å². The van der Waals surface area contributed by atoms with Crippen LogP contribution in [0.1, 0.15) is 12.5 Å². The number of anilines is 1. The fourth-order valence-electron chi connectivity index (χ4n) is 3.01. The van der Waals surface area contributed by atoms with Crippen molar-refractivity contribution in [3.63, 3.8) is 0 Å². The van der Waals surface area contributed by atoms with Gasteiger partial charge in [-0.25, -0.2) is 0 Å². The molecule has 0 saturated carbocycles. The average molecular weight is 641 g/mol. The van der Waals surface area contributed by atoms with E-state index in [-0.39, 0.29) is 49.4 Å². The summed E-state index contributed by atoms with van der Waals surface area (Å²) in [6.45, 7) is 1.79. The molecule has 0 heterocycles. The van der Waals surface area contributed by atoms with E-state index < -0.39 is 20.9 Å². The fraction of sp³-hybridized carbons (Fsp3) is 0.0833. The number of non-ortho nitro benzene ring substituents is 1. The molecule has 196 valence electrons. The molecule has 0 saturated heterocycles. The average Bonchev–Trinajstić information content (AvgIpc) is 2.87. The second-order valence-electron chi connectivity index (χ2n) is 7.30. The van der Waals surface area contributed by atoms with E-state index in [4.69, 9.17) is 32.1 Å². The number of nitro groups is 1. The maximum absolute atomic E-state index is 12.8. The van der Waals surface area contributed by atoms with Crippen molar-refractivity contribution in [1.29, 1.82) is 5.26 Å². The highest BCUT2D eigenvalue weighted by molar-refractivity contribution is 9.10. The quantitative estimate of drug-likeness (QED) is 0.0931. The molecule has 3 aromatic rings. The normalized spacial score (nSPS) is 11.4. The van der Waals surface area contributed by atoms with E-state index >= 15 is 0 Å². The van der Waals surface area contributed by atoms with Crippen LogP contribution < -0.4 is 14.2 Å². The van der Waals surface area contributed by atoms with Gasteiger partial charge in [0.1, 0.15) is 16.5 Å². The zero-order valence-corrected chi connectivity index (χ0v) is 23.2. The van der Waals surface area contributed by atoms with Gasteiger partial charge >= 0.3 is 10.1 Å². The molecule has 0 fully saturated rings. The second kappa shape index (κ2) is 12.3. The summed E-state index contributed by atoms with van der Waals surface area (Å²) in [5.74, 6) is -0.961. The van der Waals surface area contributed by atoms with Crippen LogP contribution in [0.25, 0.3) is 6.08 Å². The highest BCUT2D eigenvalue weighted by Crippen LogP contribution is 2.39. The maximum Gasteiger partial charge on any atom is 0.339 e. The molecule has 0 aliphatic rings. The third kappa shape index (κ3) is 7.02. The minimum atomic E-state index is -4.40. The molecule has 0 atom stereocenters. The van der Waals surface area contributed by atoms with Gasteiger partial charge in [-0.05, 0) is 77.0 Å². The van der Waals surface area contributed by atoms with E-state index in [0.29, 0.717) is 10.6 Å². The number of ether oxygens (including phenoxy) is 1. The molecule has 0 spiro atoms. The topological polar surface area (TPSA) is 149 Å². The van der Waals surface area contributed by atoms with Gasteiger partial charge < -0.3 is 14.2 Å². The number of benzene rings is 3. The van der Waals surface area contributed by atoms with Crippen LogP contribution in [0.15, 0.2) is 69.5 Å². The van der Waals surface area contributed by atoms with Crippen LogP contribution >= 0.6 is 39.1 Å². The van der Waals surface area contributed by atoms with E-state index in [1.54, 1.807) is 19.1 Å². The molecule has 0 aromatic heterocycles. The molecule has 14 heteroatoms. The van der Waals surface area contributed by atoms with E-state index in [0.717, 1.165) is 24.3 Å². The van der Waals surface area contributed by atoms with Crippen LogP contribution in [0.5, 0.6) is 11.5 Å². The van der Waals surface area contributed by atoms with Gasteiger partial charge in [-0.2, -0.15) is 13.7 Å². The number of nitrogens with one attached hydrogen (secondary N) is 1. The molecule has 0 aliphatic carbocycles. The number of hydrogen-bond donors (Lipinski definition) is 1. The number of nitriles is 1. The molecular weight excluding hydrogens is 625 g/mol. The van der Waals surface area contributed by atoms with E-state index in [1.165, 1.54) is 30.3 Å². The molecule has 0 radical (unpaired) electrons. The molecule has 0 bridgehead atoms. The number of halogens is 3. The second-order valence-corrected chi connectivity index (χ2v) is 10.5. The Bertz CT molecular complexity index is 1590. The lowest BCUT2D eigenvalue weighted by atomic mass is 10.1. The molecule has 1 amide bonds. The van der Waals surface area contributed by atoms with Gasteiger partial charge in [-0.15, -0.1) is 0 Å². The van der Waals surface area contributed by atoms with E-state index in [9.17, 15) is 28.6 Å². The van der Waals surface area contributed by atoms with Gasteiger partial charge in [0.15, 0.2) is 11.5 Å². The first-order chi connectivity index (χ1) is 17.9. The Labute approximate surface area is 235 Å². The number of carbonyl (C=O) groups excluding carboxylic acids is 1. The van der Waals surface area contributed by atoms with Crippen molar-refractivity contribution in [3.8, 4) is 17.6 Å². The lowest BCUT2D eigenvalue weighted by Crippen LogP contribution is -2.14. The number of nitrogens with zero attached hydrogens (tertiary/aromatic N) is 2. The number of carbonyl (C=O) groups is 1. The number of amides is 1. The largest absolute Gasteiger partial charge is 0.490 e. The Kier molecular flexibility index (Phi) is 9.35. The SMILES string of the molecule is CCOc1cc(/C=C(/C#N)C(=O)Nc2cc(Cl)ccc2Cl)cc(Br)c1OS(=O)(=O)c1ccc([N+](=O)[O-])cc1. The zero-order chi connectivity index (χ0) is 28.0. The summed E-state index contributed by atoms with van der Waals surface area (Å²) in [6, 6.07) is 13.2. The molecule has 1 N–H and O–H groups in total. The summed E-state index contributed by atoms with van der Waals surface area (Å²) in [6.07, 6.45) is 1.26. The summed E-state index contributed by atoms with van der Waals surface area (Å²) in [5, 5.41) is 23.5. The smallest absolute Gasteiger partial charge is 0.339 e. The predicted octanol–water partition coefficient (Wildman–Crippen LogP) is 6.38. The highest BCUT2D eigenvalue weighted by atomic mass is 79.9. The molecule has 3 aromatic carbocycles. The summed E-state index contributed by atoms with van der Waals surface area (Å²) >= 11 is 15.2. The number of hydrogen-bond acceptors (Lipinski definition) is 8. The molecule has 38 heavy (non-hydrogen) atoms. The first kappa shape index (κ1) is 28.9. The lowest BCUT2D eigenvalue weighted by molar-refractivity contribution is -0.384. The van der Waals surface area contributed by atoms with Crippen LogP contribution in [-0.4, -0.2) is 25.9 Å². The minimum absolute atomic E-state index is 0.00537. The van der Waals surface area contributed by atoms with Gasteiger partial charge in [0.2, 0.25) is 0 Å². The Morgan fingerprint density at radius 1 is 1.18 bits per heavy atom. The number of rotatable bonds is 9. The fourth-order valence-corrected chi connectivity index (χ4v) is 4.95. The molecule has 3 rings (SSSR count). The van der Waals surface area contributed by atoms with Gasteiger partial charge in [-0.1, -0.05) is 23.2 Å². The maximum atomic E-state index is 12.8. The molecule has 0 aliphatic heterocycles. The molecular formula is C24H16BrCl2N3O7S. The summed E-state index contributed by atoms with van der Waals surface area (Å²) in [5.41, 5.74) is -0.0557. The Balaban J connectivity index is 1.94. The van der Waals surface area contributed by atoms with Gasteiger partial charge in [0, 0.05) is 17.2 Å². The van der Waals surface area contributed by atoms with Gasteiger partial charge in [0.25, 0.3) is 11.6 Å². The van der Waals surface area contributed by atoms with E-state index in [1.807, 2.05) is 0 Å². The highest BCUT2D eigenvalue weighted by Gasteiger charge is 2.23. The summed E-state index contributed by atoms with van der Waals surface area (Å²) < 4.78 is 36.6. The third-order valence-electron chi connectivity index (χ3n) is 4.71. The van der Waals surface area contributed by atoms with Crippen LogP contribution in [0.2, 0.25) is 10.0 Å². The van der Waals surface area contributed by atoms with Crippen molar-refractivity contribution in [1.82, 2.24) is 0 Å². The third-order valence-corrected chi connectivity index (χ3v) is 7.10. The van der Waals surface area contributed by atoms with Crippen molar-refractivity contribution in [2.45, 2.75) is 11.8 Å². The first-order valence-electron chi connectivity index (χ1n) is 10.5. The van der Waals surface area contributed by atoms with Crippen LogP contribution in [0.3, 0.4) is 0 Å². The Morgan fingerprint density at radius 3 is 2.47 bits per heavy atom. The summed E-state index contributed by atoms with van der Waals surface area (Å²) in [7, 11) is -4.40. The predicted molar refractivity (Wildman–Crippen MR) is 145 cm³/mol. The van der Waals surface area contributed by atoms with Crippen molar-refractivity contribution in [2.75, 3.05) is 11.9 Å². The molecule has 0 unspecified atom stereocenters. The molecule has 10 nitrogen and oxygen atoms in total. The number of nitro benzene ring substituents is 1. The van der Waals surface area contributed by atoms with Crippen molar-refractivity contribution < 1.29 is 27.1 Å². The van der Waals surface area contributed by atoms with E-state index in [2.05, 4.69) is 21.2 Å². The Hall–Kier alpha value is -3.63. The van der Waals surface area contributed by atoms with Crippen LogP contribution in [0, 0.1) is 21.4 Å².